The highest BCUT2D eigenvalue weighted by molar-refractivity contribution is 7.94. The van der Waals surface area contributed by atoms with Gasteiger partial charge >= 0.3 is 0 Å². The third kappa shape index (κ3) is 3.82. The van der Waals surface area contributed by atoms with Crippen LogP contribution < -0.4 is 4.90 Å². The highest BCUT2D eigenvalue weighted by Gasteiger charge is 2.32. The van der Waals surface area contributed by atoms with E-state index < -0.39 is 15.9 Å². The quantitative estimate of drug-likeness (QED) is 0.846. The smallest absolute Gasteiger partial charge is 0.258 e. The first-order valence-corrected chi connectivity index (χ1v) is 9.86. The molecule has 2 aromatic rings. The van der Waals surface area contributed by atoms with Crippen molar-refractivity contribution in [2.45, 2.75) is 26.8 Å². The molecule has 0 saturated heterocycles. The second-order valence-corrected chi connectivity index (χ2v) is 8.55. The summed E-state index contributed by atoms with van der Waals surface area (Å²) in [4.78, 5) is 14.8. The number of aryl methyl sites for hydroxylation is 3. The van der Waals surface area contributed by atoms with Gasteiger partial charge in [0.2, 0.25) is 0 Å². The van der Waals surface area contributed by atoms with Crippen molar-refractivity contribution in [1.29, 1.82) is 0 Å². The summed E-state index contributed by atoms with van der Waals surface area (Å²) in [6.07, 6.45) is 1.60. The first-order chi connectivity index (χ1) is 11.7. The third-order valence-corrected chi connectivity index (χ3v) is 5.59. The monoisotopic (exact) mass is 355 g/mol. The van der Waals surface area contributed by atoms with Crippen LogP contribution >= 0.6 is 0 Å². The summed E-state index contributed by atoms with van der Waals surface area (Å²) >= 11 is 0. The predicted molar refractivity (Wildman–Crippen MR) is 101 cm³/mol. The first-order valence-electron chi connectivity index (χ1n) is 8.15. The van der Waals surface area contributed by atoms with E-state index in [0.29, 0.717) is 5.56 Å². The fraction of sp³-hybridized carbons (Fsp3) is 0.250. The van der Waals surface area contributed by atoms with Crippen LogP contribution in [0.25, 0.3) is 0 Å². The summed E-state index contributed by atoms with van der Waals surface area (Å²) in [5, 5.41) is 1.21. The zero-order valence-electron chi connectivity index (χ0n) is 14.6. The number of carbonyl (C=O) groups is 1. The molecule has 4 nitrogen and oxygen atoms in total. The predicted octanol–water partition coefficient (Wildman–Crippen LogP) is 3.57. The molecule has 0 fully saturated rings. The van der Waals surface area contributed by atoms with Crippen molar-refractivity contribution in [2.75, 3.05) is 10.7 Å². The number of nitrogens with zero attached hydrogens (tertiary/aromatic N) is 1. The maximum absolute atomic E-state index is 13.2. The largest absolute Gasteiger partial charge is 0.300 e. The fourth-order valence-corrected chi connectivity index (χ4v) is 4.45. The molecular formula is C20H21NO3S. The molecule has 1 aliphatic heterocycles. The minimum Gasteiger partial charge on any atom is -0.300 e. The normalized spacial score (nSPS) is 18.3. The number of sulfone groups is 1. The summed E-state index contributed by atoms with van der Waals surface area (Å²) in [6.45, 7) is 5.86. The van der Waals surface area contributed by atoms with Gasteiger partial charge in [0, 0.05) is 16.7 Å². The Morgan fingerprint density at radius 3 is 2.24 bits per heavy atom. The van der Waals surface area contributed by atoms with E-state index in [9.17, 15) is 13.2 Å². The van der Waals surface area contributed by atoms with Gasteiger partial charge in [-0.25, -0.2) is 8.42 Å². The van der Waals surface area contributed by atoms with Gasteiger partial charge in [-0.1, -0.05) is 23.8 Å². The summed E-state index contributed by atoms with van der Waals surface area (Å²) in [5.74, 6) is -0.280. The van der Waals surface area contributed by atoms with Gasteiger partial charge in [-0.2, -0.15) is 0 Å². The van der Waals surface area contributed by atoms with E-state index in [4.69, 9.17) is 0 Å². The molecule has 0 aromatic heterocycles. The van der Waals surface area contributed by atoms with Gasteiger partial charge < -0.3 is 4.90 Å². The fourth-order valence-electron chi connectivity index (χ4n) is 3.19. The number of anilines is 1. The van der Waals surface area contributed by atoms with Crippen molar-refractivity contribution in [3.63, 3.8) is 0 Å². The Kier molecular flexibility index (Phi) is 4.52. The van der Waals surface area contributed by atoms with E-state index in [2.05, 4.69) is 0 Å². The van der Waals surface area contributed by atoms with Gasteiger partial charge in [-0.05, 0) is 62.2 Å². The third-order valence-electron chi connectivity index (χ3n) is 4.21. The molecule has 1 heterocycles. The molecule has 1 amide bonds. The lowest BCUT2D eigenvalue weighted by molar-refractivity contribution is 0.0983. The van der Waals surface area contributed by atoms with E-state index in [-0.39, 0.29) is 11.7 Å². The number of benzene rings is 2. The van der Waals surface area contributed by atoms with Crippen LogP contribution in [0.15, 0.2) is 53.9 Å². The Morgan fingerprint density at radius 2 is 1.68 bits per heavy atom. The maximum Gasteiger partial charge on any atom is 0.258 e. The molecule has 25 heavy (non-hydrogen) atoms. The number of amides is 1. The molecule has 0 N–H and O–H groups in total. The number of hydrogen-bond acceptors (Lipinski definition) is 3. The van der Waals surface area contributed by atoms with Crippen LogP contribution in [0.5, 0.6) is 0 Å². The molecule has 3 rings (SSSR count). The molecule has 0 aliphatic carbocycles. The molecule has 0 saturated carbocycles. The lowest BCUT2D eigenvalue weighted by atomic mass is 10.1. The van der Waals surface area contributed by atoms with Crippen LogP contribution in [0.3, 0.4) is 0 Å². The second kappa shape index (κ2) is 6.48. The van der Waals surface area contributed by atoms with Crippen LogP contribution in [0.2, 0.25) is 0 Å². The van der Waals surface area contributed by atoms with E-state index >= 15 is 0 Å². The Hall–Kier alpha value is -2.40. The number of hydrogen-bond donors (Lipinski definition) is 0. The molecule has 1 unspecified atom stereocenters. The molecule has 1 aliphatic rings. The lowest BCUT2D eigenvalue weighted by Crippen LogP contribution is -2.41. The highest BCUT2D eigenvalue weighted by Crippen LogP contribution is 2.27. The van der Waals surface area contributed by atoms with E-state index in [1.807, 2.05) is 57.2 Å². The van der Waals surface area contributed by atoms with E-state index in [1.165, 1.54) is 5.41 Å². The summed E-state index contributed by atoms with van der Waals surface area (Å²) in [5.41, 5.74) is 4.32. The zero-order valence-corrected chi connectivity index (χ0v) is 15.4. The van der Waals surface area contributed by atoms with Gasteiger partial charge in [-0.3, -0.25) is 4.79 Å². The standard InChI is InChI=1S/C20H21NO3S/c1-14-5-4-6-17(10-14)20(22)21(18-7-8-25(23,24)13-18)19-11-15(2)9-16(3)12-19/h4-12,18H,13H2,1-3H3. The molecule has 5 heteroatoms. The van der Waals surface area contributed by atoms with Gasteiger partial charge in [0.25, 0.3) is 5.91 Å². The van der Waals surface area contributed by atoms with Gasteiger partial charge in [0.15, 0.2) is 9.84 Å². The zero-order chi connectivity index (χ0) is 18.2. The van der Waals surface area contributed by atoms with E-state index in [0.717, 1.165) is 22.4 Å². The van der Waals surface area contributed by atoms with Gasteiger partial charge in [0.1, 0.15) is 0 Å². The second-order valence-electron chi connectivity index (χ2n) is 6.62. The average molecular weight is 355 g/mol. The topological polar surface area (TPSA) is 54.5 Å². The molecule has 130 valence electrons. The minimum absolute atomic E-state index is 0.0858. The van der Waals surface area contributed by atoms with Gasteiger partial charge in [-0.15, -0.1) is 0 Å². The maximum atomic E-state index is 13.2. The number of carbonyl (C=O) groups excluding carboxylic acids is 1. The molecule has 2 aromatic carbocycles. The summed E-state index contributed by atoms with van der Waals surface area (Å²) in [7, 11) is -3.27. The van der Waals surface area contributed by atoms with Crippen LogP contribution in [-0.2, 0) is 9.84 Å². The molecule has 0 radical (unpaired) electrons. The number of rotatable bonds is 3. The Labute approximate surface area is 148 Å². The van der Waals surface area contributed by atoms with Crippen LogP contribution in [0, 0.1) is 20.8 Å². The first kappa shape index (κ1) is 17.4. The highest BCUT2D eigenvalue weighted by atomic mass is 32.2. The Balaban J connectivity index is 2.09. The van der Waals surface area contributed by atoms with Crippen molar-refractivity contribution < 1.29 is 13.2 Å². The Bertz CT molecular complexity index is 940. The van der Waals surface area contributed by atoms with Gasteiger partial charge in [0.05, 0.1) is 11.8 Å². The molecule has 0 spiro atoms. The van der Waals surface area contributed by atoms with Crippen LogP contribution in [0.1, 0.15) is 27.0 Å². The lowest BCUT2D eigenvalue weighted by Gasteiger charge is -2.28. The van der Waals surface area contributed by atoms with Crippen molar-refractivity contribution in [3.05, 3.63) is 76.2 Å². The van der Waals surface area contributed by atoms with E-state index in [1.54, 1.807) is 17.0 Å². The van der Waals surface area contributed by atoms with Crippen molar-refractivity contribution in [1.82, 2.24) is 0 Å². The van der Waals surface area contributed by atoms with Crippen molar-refractivity contribution in [3.8, 4) is 0 Å². The van der Waals surface area contributed by atoms with Crippen LogP contribution in [-0.4, -0.2) is 26.1 Å². The summed E-state index contributed by atoms with van der Waals surface area (Å²) in [6, 6.07) is 12.7. The van der Waals surface area contributed by atoms with Crippen molar-refractivity contribution >= 4 is 21.4 Å². The SMILES string of the molecule is Cc1cccc(C(=O)N(c2cc(C)cc(C)c2)C2C=CS(=O)(=O)C2)c1. The van der Waals surface area contributed by atoms with Crippen LogP contribution in [0.4, 0.5) is 5.69 Å². The average Bonchev–Trinajstić information content (AvgIpc) is 2.86. The Morgan fingerprint density at radius 1 is 1.00 bits per heavy atom. The summed E-state index contributed by atoms with van der Waals surface area (Å²) < 4.78 is 23.8. The molecule has 0 bridgehead atoms. The van der Waals surface area contributed by atoms with Crippen molar-refractivity contribution in [2.24, 2.45) is 0 Å². The molecule has 1 atom stereocenters. The minimum atomic E-state index is -3.27. The molecular weight excluding hydrogens is 334 g/mol.